The highest BCUT2D eigenvalue weighted by molar-refractivity contribution is 5.49. The number of benzene rings is 1. The van der Waals surface area contributed by atoms with Crippen molar-refractivity contribution in [2.24, 2.45) is 5.73 Å². The molecule has 1 aromatic rings. The third-order valence-corrected chi connectivity index (χ3v) is 3.80. The van der Waals surface area contributed by atoms with Gasteiger partial charge in [-0.3, -0.25) is 0 Å². The summed E-state index contributed by atoms with van der Waals surface area (Å²) in [7, 11) is 2.21. The fourth-order valence-corrected chi connectivity index (χ4v) is 2.73. The van der Waals surface area contributed by atoms with Crippen molar-refractivity contribution >= 4 is 5.69 Å². The van der Waals surface area contributed by atoms with Gasteiger partial charge in [-0.05, 0) is 51.6 Å². The second kappa shape index (κ2) is 5.72. The van der Waals surface area contributed by atoms with E-state index in [9.17, 15) is 0 Å². The molecule has 100 valence electrons. The molecule has 1 aromatic carbocycles. The van der Waals surface area contributed by atoms with E-state index in [4.69, 9.17) is 5.73 Å². The van der Waals surface area contributed by atoms with Crippen LogP contribution in [0, 0.1) is 0 Å². The van der Waals surface area contributed by atoms with Crippen LogP contribution in [0.15, 0.2) is 24.3 Å². The molecule has 1 heterocycles. The average molecular weight is 247 g/mol. The highest BCUT2D eigenvalue weighted by Gasteiger charge is 2.19. The van der Waals surface area contributed by atoms with Crippen LogP contribution in [0.3, 0.4) is 0 Å². The third-order valence-electron chi connectivity index (χ3n) is 3.80. The molecule has 2 N–H and O–H groups in total. The van der Waals surface area contributed by atoms with E-state index in [1.165, 1.54) is 24.2 Å². The minimum absolute atomic E-state index is 0.117. The van der Waals surface area contributed by atoms with Crippen molar-refractivity contribution in [2.75, 3.05) is 31.6 Å². The number of anilines is 1. The van der Waals surface area contributed by atoms with E-state index in [1.54, 1.807) is 0 Å². The number of likely N-dealkylation sites (N-methyl/N-ethyl adjacent to an activating group) is 1. The number of hydrogen-bond acceptors (Lipinski definition) is 3. The normalized spacial score (nSPS) is 23.8. The van der Waals surface area contributed by atoms with Crippen LogP contribution in [0.5, 0.6) is 0 Å². The first-order chi connectivity index (χ1) is 8.58. The first-order valence-electron chi connectivity index (χ1n) is 6.88. The maximum Gasteiger partial charge on any atom is 0.0388 e. The number of nitrogens with two attached hydrogens (primary N) is 1. The lowest BCUT2D eigenvalue weighted by Crippen LogP contribution is -2.37. The van der Waals surface area contributed by atoms with Crippen molar-refractivity contribution in [2.45, 2.75) is 32.4 Å². The van der Waals surface area contributed by atoms with E-state index in [1.807, 2.05) is 6.92 Å². The summed E-state index contributed by atoms with van der Waals surface area (Å²) in [5.74, 6) is 0. The van der Waals surface area contributed by atoms with E-state index in [-0.39, 0.29) is 6.04 Å². The molecule has 0 radical (unpaired) electrons. The molecular formula is C15H25N3. The van der Waals surface area contributed by atoms with Crippen LogP contribution in [0.4, 0.5) is 5.69 Å². The van der Waals surface area contributed by atoms with Crippen LogP contribution < -0.4 is 10.6 Å². The van der Waals surface area contributed by atoms with Gasteiger partial charge >= 0.3 is 0 Å². The van der Waals surface area contributed by atoms with Crippen LogP contribution in [-0.2, 0) is 0 Å². The molecule has 0 aliphatic carbocycles. The van der Waals surface area contributed by atoms with Gasteiger partial charge in [-0.25, -0.2) is 0 Å². The third kappa shape index (κ3) is 3.03. The van der Waals surface area contributed by atoms with Crippen molar-refractivity contribution in [3.8, 4) is 0 Å². The lowest BCUT2D eigenvalue weighted by molar-refractivity contribution is 0.337. The summed E-state index contributed by atoms with van der Waals surface area (Å²) >= 11 is 0. The number of hydrogen-bond donors (Lipinski definition) is 1. The molecule has 0 saturated carbocycles. The zero-order chi connectivity index (χ0) is 13.1. The summed E-state index contributed by atoms with van der Waals surface area (Å²) < 4.78 is 0. The van der Waals surface area contributed by atoms with E-state index < -0.39 is 0 Å². The molecule has 1 aliphatic rings. The lowest BCUT2D eigenvalue weighted by Gasteiger charge is -2.30. The number of rotatable bonds is 2. The van der Waals surface area contributed by atoms with Crippen LogP contribution >= 0.6 is 0 Å². The van der Waals surface area contributed by atoms with E-state index in [0.717, 1.165) is 13.1 Å². The van der Waals surface area contributed by atoms with Crippen LogP contribution in [0.25, 0.3) is 0 Å². The van der Waals surface area contributed by atoms with Gasteiger partial charge in [0.1, 0.15) is 0 Å². The molecule has 1 saturated heterocycles. The molecule has 18 heavy (non-hydrogen) atoms. The van der Waals surface area contributed by atoms with Crippen LogP contribution in [0.1, 0.15) is 31.9 Å². The molecule has 0 aromatic heterocycles. The van der Waals surface area contributed by atoms with Gasteiger partial charge in [-0.1, -0.05) is 12.1 Å². The van der Waals surface area contributed by atoms with Crippen molar-refractivity contribution in [1.29, 1.82) is 0 Å². The molecule has 2 unspecified atom stereocenters. The molecule has 0 bridgehead atoms. The van der Waals surface area contributed by atoms with Crippen molar-refractivity contribution in [3.63, 3.8) is 0 Å². The molecule has 0 amide bonds. The minimum Gasteiger partial charge on any atom is -0.367 e. The summed E-state index contributed by atoms with van der Waals surface area (Å²) in [6.07, 6.45) is 1.23. The molecular weight excluding hydrogens is 222 g/mol. The Labute approximate surface area is 111 Å². The van der Waals surface area contributed by atoms with Crippen LogP contribution in [0.2, 0.25) is 0 Å². The summed E-state index contributed by atoms with van der Waals surface area (Å²) in [6.45, 7) is 7.80. The highest BCUT2D eigenvalue weighted by Crippen LogP contribution is 2.22. The van der Waals surface area contributed by atoms with Gasteiger partial charge in [-0.2, -0.15) is 0 Å². The monoisotopic (exact) mass is 247 g/mol. The predicted octanol–water partition coefficient (Wildman–Crippen LogP) is 2.24. The van der Waals surface area contributed by atoms with E-state index in [0.29, 0.717) is 6.04 Å². The second-order valence-electron chi connectivity index (χ2n) is 5.54. The summed E-state index contributed by atoms with van der Waals surface area (Å²) in [4.78, 5) is 4.93. The Morgan fingerprint density at radius 3 is 2.50 bits per heavy atom. The second-order valence-corrected chi connectivity index (χ2v) is 5.54. The van der Waals surface area contributed by atoms with Gasteiger partial charge in [0.15, 0.2) is 0 Å². The maximum atomic E-state index is 5.89. The Hall–Kier alpha value is -1.06. The highest BCUT2D eigenvalue weighted by atomic mass is 15.2. The van der Waals surface area contributed by atoms with Gasteiger partial charge in [0.2, 0.25) is 0 Å². The van der Waals surface area contributed by atoms with Gasteiger partial charge in [0.25, 0.3) is 0 Å². The van der Waals surface area contributed by atoms with Crippen molar-refractivity contribution in [3.05, 3.63) is 29.8 Å². The molecule has 3 heteroatoms. The van der Waals surface area contributed by atoms with Gasteiger partial charge in [0.05, 0.1) is 0 Å². The largest absolute Gasteiger partial charge is 0.367 e. The average Bonchev–Trinajstić information content (AvgIpc) is 2.50. The standard InChI is InChI=1S/C15H25N3/c1-12-11-17(3)9-4-10-18(12)15-7-5-14(6-8-15)13(2)16/h5-8,12-13H,4,9-11,16H2,1-3H3. The van der Waals surface area contributed by atoms with E-state index >= 15 is 0 Å². The summed E-state index contributed by atoms with van der Waals surface area (Å²) in [5, 5.41) is 0. The lowest BCUT2D eigenvalue weighted by atomic mass is 10.1. The molecule has 2 rings (SSSR count). The fraction of sp³-hybridized carbons (Fsp3) is 0.600. The van der Waals surface area contributed by atoms with Gasteiger partial charge < -0.3 is 15.5 Å². The zero-order valence-corrected chi connectivity index (χ0v) is 11.8. The number of nitrogens with zero attached hydrogens (tertiary/aromatic N) is 2. The topological polar surface area (TPSA) is 32.5 Å². The Morgan fingerprint density at radius 2 is 1.89 bits per heavy atom. The first-order valence-corrected chi connectivity index (χ1v) is 6.88. The predicted molar refractivity (Wildman–Crippen MR) is 78.0 cm³/mol. The SMILES string of the molecule is CC(N)c1ccc(N2CCCN(C)CC2C)cc1. The molecule has 3 nitrogen and oxygen atoms in total. The Kier molecular flexibility index (Phi) is 4.25. The molecule has 2 atom stereocenters. The van der Waals surface area contributed by atoms with Gasteiger partial charge in [0, 0.05) is 30.9 Å². The van der Waals surface area contributed by atoms with Gasteiger partial charge in [-0.15, -0.1) is 0 Å². The van der Waals surface area contributed by atoms with Crippen LogP contribution in [-0.4, -0.2) is 37.6 Å². The summed E-state index contributed by atoms with van der Waals surface area (Å²) in [5.41, 5.74) is 8.42. The fourth-order valence-electron chi connectivity index (χ4n) is 2.73. The zero-order valence-electron chi connectivity index (χ0n) is 11.8. The molecule has 1 fully saturated rings. The Balaban J connectivity index is 2.14. The van der Waals surface area contributed by atoms with Crippen molar-refractivity contribution < 1.29 is 0 Å². The van der Waals surface area contributed by atoms with Crippen molar-refractivity contribution in [1.82, 2.24) is 4.90 Å². The molecule has 1 aliphatic heterocycles. The molecule has 0 spiro atoms. The first kappa shape index (κ1) is 13.4. The van der Waals surface area contributed by atoms with E-state index in [2.05, 4.69) is 48.0 Å². The summed E-state index contributed by atoms with van der Waals surface area (Å²) in [6, 6.07) is 9.41. The Bertz CT molecular complexity index is 372. The quantitative estimate of drug-likeness (QED) is 0.870. The minimum atomic E-state index is 0.117. The maximum absolute atomic E-state index is 5.89. The smallest absolute Gasteiger partial charge is 0.0388 e. The Morgan fingerprint density at radius 1 is 1.22 bits per heavy atom.